The third-order valence-corrected chi connectivity index (χ3v) is 4.29. The van der Waals surface area contributed by atoms with Crippen LogP contribution >= 0.6 is 11.6 Å². The van der Waals surface area contributed by atoms with Crippen LogP contribution < -0.4 is 32.2 Å². The van der Waals surface area contributed by atoms with Gasteiger partial charge in [0.05, 0.1) is 12.1 Å². The Hall–Kier alpha value is -4.19. The summed E-state index contributed by atoms with van der Waals surface area (Å²) in [5.74, 6) is -2.29. The quantitative estimate of drug-likeness (QED) is 0.147. The van der Waals surface area contributed by atoms with Gasteiger partial charge in [0.1, 0.15) is 24.1 Å². The van der Waals surface area contributed by atoms with E-state index < -0.39 is 30.5 Å². The van der Waals surface area contributed by atoms with Crippen molar-refractivity contribution < 1.29 is 29.3 Å². The van der Waals surface area contributed by atoms with E-state index in [1.54, 1.807) is 12.1 Å². The molecule has 0 aliphatic heterocycles. The van der Waals surface area contributed by atoms with Gasteiger partial charge in [-0.15, -0.1) is 0 Å². The molecule has 2 aromatic rings. The lowest BCUT2D eigenvalue weighted by atomic mass is 10.1. The summed E-state index contributed by atoms with van der Waals surface area (Å²) in [7, 11) is 0. The van der Waals surface area contributed by atoms with Crippen LogP contribution in [-0.2, 0) is 4.79 Å². The minimum Gasteiger partial charge on any atom is -0.507 e. The molecular weight excluding hydrogens is 456 g/mol. The number of benzene rings is 2. The molecule has 0 heterocycles. The van der Waals surface area contributed by atoms with Crippen LogP contribution in [0.1, 0.15) is 10.4 Å². The number of anilines is 1. The number of hydrogen-bond donors (Lipinski definition) is 7. The minimum atomic E-state index is -1.43. The van der Waals surface area contributed by atoms with Crippen molar-refractivity contribution in [2.75, 3.05) is 25.0 Å². The number of urea groups is 1. The highest BCUT2D eigenvalue weighted by Gasteiger charge is 2.22. The van der Waals surface area contributed by atoms with E-state index in [1.165, 1.54) is 30.3 Å². The summed E-state index contributed by atoms with van der Waals surface area (Å²) in [6.45, 7) is -0.0775. The van der Waals surface area contributed by atoms with Crippen molar-refractivity contribution in [2.45, 2.75) is 6.04 Å². The summed E-state index contributed by atoms with van der Waals surface area (Å²) in [6, 6.07) is 7.93. The van der Waals surface area contributed by atoms with Crippen LogP contribution in [0.25, 0.3) is 0 Å². The van der Waals surface area contributed by atoms with Crippen LogP contribution in [0.15, 0.2) is 47.5 Å². The number of phenolic OH excluding ortho intramolecular Hbond substituents is 1. The zero-order chi connectivity index (χ0) is 24.4. The number of ether oxygens (including phenoxy) is 1. The molecule has 3 amide bonds. The summed E-state index contributed by atoms with van der Waals surface area (Å²) in [4.78, 5) is 39.6. The topological polar surface area (TPSA) is 201 Å². The Morgan fingerprint density at radius 1 is 1.12 bits per heavy atom. The van der Waals surface area contributed by atoms with E-state index in [0.29, 0.717) is 10.7 Å². The summed E-state index contributed by atoms with van der Waals surface area (Å²) in [6.07, 6.45) is 0. The predicted octanol–water partition coefficient (Wildman–Crippen LogP) is 0.703. The number of aliphatic imine (C=N–C) groups is 1. The highest BCUT2D eigenvalue weighted by molar-refractivity contribution is 6.30. The number of carbonyl (C=O) groups excluding carboxylic acids is 2. The van der Waals surface area contributed by atoms with Gasteiger partial charge in [-0.2, -0.15) is 0 Å². The number of rotatable bonds is 10. The maximum atomic E-state index is 12.4. The average Bonchev–Trinajstić information content (AvgIpc) is 2.75. The summed E-state index contributed by atoms with van der Waals surface area (Å²) in [5.41, 5.74) is 10.7. The molecule has 0 spiro atoms. The lowest BCUT2D eigenvalue weighted by molar-refractivity contribution is -0.138. The molecule has 0 bridgehead atoms. The molecular formula is C20H23ClN6O6. The first-order valence-corrected chi connectivity index (χ1v) is 9.89. The number of hydrogen-bond acceptors (Lipinski definition) is 6. The maximum absolute atomic E-state index is 12.4. The van der Waals surface area contributed by atoms with Crippen molar-refractivity contribution in [2.24, 2.45) is 16.5 Å². The zero-order valence-electron chi connectivity index (χ0n) is 17.2. The van der Waals surface area contributed by atoms with Crippen molar-refractivity contribution >= 4 is 41.2 Å². The third kappa shape index (κ3) is 8.45. The fraction of sp³-hybridized carbons (Fsp3) is 0.200. The van der Waals surface area contributed by atoms with Crippen molar-refractivity contribution in [1.82, 2.24) is 10.6 Å². The molecule has 0 aromatic heterocycles. The van der Waals surface area contributed by atoms with E-state index in [0.717, 1.165) is 0 Å². The maximum Gasteiger partial charge on any atom is 0.328 e. The monoisotopic (exact) mass is 478 g/mol. The largest absolute Gasteiger partial charge is 0.507 e. The van der Waals surface area contributed by atoms with Crippen LogP contribution in [0.5, 0.6) is 11.5 Å². The number of nitrogens with two attached hydrogens (primary N) is 2. The van der Waals surface area contributed by atoms with E-state index >= 15 is 0 Å². The van der Waals surface area contributed by atoms with Gasteiger partial charge in [0.15, 0.2) is 5.96 Å². The predicted molar refractivity (Wildman–Crippen MR) is 122 cm³/mol. The molecule has 13 heteroatoms. The lowest BCUT2D eigenvalue weighted by Crippen LogP contribution is -2.49. The van der Waals surface area contributed by atoms with E-state index in [1.807, 2.05) is 0 Å². The van der Waals surface area contributed by atoms with Crippen molar-refractivity contribution in [1.29, 1.82) is 0 Å². The van der Waals surface area contributed by atoms with Gasteiger partial charge in [-0.05, 0) is 36.4 Å². The zero-order valence-corrected chi connectivity index (χ0v) is 18.0. The number of nitrogens with one attached hydrogen (secondary N) is 3. The van der Waals surface area contributed by atoms with Gasteiger partial charge in [-0.3, -0.25) is 9.79 Å². The molecule has 0 saturated heterocycles. The van der Waals surface area contributed by atoms with Crippen LogP contribution in [0.3, 0.4) is 0 Å². The molecule has 0 aliphatic rings. The highest BCUT2D eigenvalue weighted by atomic mass is 35.5. The Morgan fingerprint density at radius 2 is 1.82 bits per heavy atom. The second kappa shape index (κ2) is 12.0. The minimum absolute atomic E-state index is 0.0786. The first-order valence-electron chi connectivity index (χ1n) is 9.51. The number of phenols is 1. The fourth-order valence-electron chi connectivity index (χ4n) is 2.48. The normalized spacial score (nSPS) is 11.1. The number of amides is 3. The van der Waals surface area contributed by atoms with Gasteiger partial charge in [-0.1, -0.05) is 11.6 Å². The SMILES string of the molecule is NC(N)=NCCOc1ccc(C(=O)NC[C@H](NC(=O)Nc2ccc(Cl)cc2)C(=O)O)c(O)c1. The van der Waals surface area contributed by atoms with Gasteiger partial charge in [0.2, 0.25) is 0 Å². The van der Waals surface area contributed by atoms with E-state index in [-0.39, 0.29) is 36.2 Å². The van der Waals surface area contributed by atoms with Crippen molar-refractivity contribution in [3.8, 4) is 11.5 Å². The molecule has 0 saturated carbocycles. The number of aromatic hydroxyl groups is 1. The Morgan fingerprint density at radius 3 is 2.42 bits per heavy atom. The van der Waals surface area contributed by atoms with E-state index in [4.69, 9.17) is 27.8 Å². The van der Waals surface area contributed by atoms with Gasteiger partial charge in [0, 0.05) is 23.3 Å². The fourth-order valence-corrected chi connectivity index (χ4v) is 2.61. The molecule has 1 atom stereocenters. The highest BCUT2D eigenvalue weighted by Crippen LogP contribution is 2.23. The Labute approximate surface area is 193 Å². The van der Waals surface area contributed by atoms with Crippen molar-refractivity contribution in [3.63, 3.8) is 0 Å². The van der Waals surface area contributed by atoms with E-state index in [2.05, 4.69) is 20.9 Å². The van der Waals surface area contributed by atoms with Gasteiger partial charge >= 0.3 is 12.0 Å². The van der Waals surface area contributed by atoms with Gasteiger partial charge in [0.25, 0.3) is 5.91 Å². The first-order chi connectivity index (χ1) is 15.7. The van der Waals surface area contributed by atoms with Crippen molar-refractivity contribution in [3.05, 3.63) is 53.1 Å². The lowest BCUT2D eigenvalue weighted by Gasteiger charge is -2.16. The molecule has 0 radical (unpaired) electrons. The third-order valence-electron chi connectivity index (χ3n) is 4.04. The van der Waals surface area contributed by atoms with Crippen LogP contribution in [-0.4, -0.2) is 59.8 Å². The molecule has 9 N–H and O–H groups in total. The smallest absolute Gasteiger partial charge is 0.328 e. The molecule has 2 rings (SSSR count). The average molecular weight is 479 g/mol. The summed E-state index contributed by atoms with van der Waals surface area (Å²) in [5, 5.41) is 27.0. The second-order valence-corrected chi connectivity index (χ2v) is 6.98. The first kappa shape index (κ1) is 25.1. The van der Waals surface area contributed by atoms with Crippen LogP contribution in [0, 0.1) is 0 Å². The molecule has 33 heavy (non-hydrogen) atoms. The molecule has 0 aliphatic carbocycles. The molecule has 0 unspecified atom stereocenters. The molecule has 176 valence electrons. The number of nitrogens with zero attached hydrogens (tertiary/aromatic N) is 1. The Kier molecular flexibility index (Phi) is 9.12. The van der Waals surface area contributed by atoms with Gasteiger partial charge < -0.3 is 42.4 Å². The molecule has 12 nitrogen and oxygen atoms in total. The molecule has 2 aromatic carbocycles. The van der Waals surface area contributed by atoms with Gasteiger partial charge in [-0.25, -0.2) is 9.59 Å². The molecule has 0 fully saturated rings. The van der Waals surface area contributed by atoms with Crippen LogP contribution in [0.4, 0.5) is 10.5 Å². The number of aliphatic carboxylic acids is 1. The summed E-state index contributed by atoms with van der Waals surface area (Å²) >= 11 is 5.77. The number of guanidine groups is 1. The number of carbonyl (C=O) groups is 3. The summed E-state index contributed by atoms with van der Waals surface area (Å²) < 4.78 is 5.35. The van der Waals surface area contributed by atoms with Crippen LogP contribution in [0.2, 0.25) is 5.02 Å². The standard InChI is InChI=1S/C20H23ClN6O6/c21-11-1-3-12(4-2-11)26-20(32)27-15(18(30)31)10-25-17(29)14-6-5-13(9-16(14)28)33-8-7-24-19(22)23/h1-6,9,15,28H,7-8,10H2,(H,25,29)(H,30,31)(H4,22,23,24)(H2,26,27,32)/t15-/m0/s1. The second-order valence-electron chi connectivity index (χ2n) is 6.54. The Balaban J connectivity index is 1.90. The number of carboxylic acid groups (broad SMARTS) is 1. The van der Waals surface area contributed by atoms with E-state index in [9.17, 15) is 24.6 Å². The number of carboxylic acids is 1. The Bertz CT molecular complexity index is 1030. The number of halogens is 1.